The molecular weight excluding hydrogens is 510 g/mol. The lowest BCUT2D eigenvalue weighted by Crippen LogP contribution is -2.24. The molecule has 3 aromatic carbocycles. The van der Waals surface area contributed by atoms with Gasteiger partial charge >= 0.3 is 5.97 Å². The number of guanidine groups is 1. The Kier molecular flexibility index (Phi) is 7.88. The summed E-state index contributed by atoms with van der Waals surface area (Å²) in [5.41, 5.74) is 10.2. The molecule has 0 fully saturated rings. The zero-order valence-electron chi connectivity index (χ0n) is 19.1. The minimum atomic E-state index is -4.10. The van der Waals surface area contributed by atoms with Gasteiger partial charge in [-0.15, -0.1) is 0 Å². The zero-order valence-corrected chi connectivity index (χ0v) is 19.9. The van der Waals surface area contributed by atoms with Gasteiger partial charge in [0.1, 0.15) is 5.75 Å². The van der Waals surface area contributed by atoms with Crippen LogP contribution < -0.4 is 20.9 Å². The van der Waals surface area contributed by atoms with Gasteiger partial charge in [-0.3, -0.25) is 9.52 Å². The SMILES string of the molecule is C/C(=C\c1cc(F)c(Oc2ccc(S(=O)(=O)Nc3cccc(C(=O)O)c3)cc2)c(F)c1)C(=O)N=C(N)N. The number of carboxylic acid groups (broad SMARTS) is 1. The van der Waals surface area contributed by atoms with E-state index in [0.717, 1.165) is 30.3 Å². The van der Waals surface area contributed by atoms with Gasteiger partial charge in [0.15, 0.2) is 23.3 Å². The summed E-state index contributed by atoms with van der Waals surface area (Å²) in [5, 5.41) is 9.05. The number of carbonyl (C=O) groups excluding carboxylic acids is 1. The first-order chi connectivity index (χ1) is 17.4. The molecule has 0 saturated carbocycles. The van der Waals surface area contributed by atoms with Crippen LogP contribution in [0.5, 0.6) is 11.5 Å². The molecule has 10 nitrogen and oxygen atoms in total. The van der Waals surface area contributed by atoms with Crippen LogP contribution in [0.3, 0.4) is 0 Å². The Hall–Kier alpha value is -4.78. The van der Waals surface area contributed by atoms with E-state index in [-0.39, 0.29) is 33.0 Å². The Morgan fingerprint density at radius 1 is 1.03 bits per heavy atom. The molecule has 0 radical (unpaired) electrons. The monoisotopic (exact) mass is 530 g/mol. The van der Waals surface area contributed by atoms with E-state index < -0.39 is 45.2 Å². The van der Waals surface area contributed by atoms with E-state index in [1.54, 1.807) is 0 Å². The third-order valence-corrected chi connectivity index (χ3v) is 6.08. The Labute approximate surface area is 209 Å². The Morgan fingerprint density at radius 3 is 2.22 bits per heavy atom. The first-order valence-electron chi connectivity index (χ1n) is 10.3. The molecule has 0 heterocycles. The molecule has 0 bridgehead atoms. The molecule has 192 valence electrons. The van der Waals surface area contributed by atoms with Crippen LogP contribution in [0.1, 0.15) is 22.8 Å². The molecule has 0 aromatic heterocycles. The molecule has 0 spiro atoms. The molecule has 0 aliphatic heterocycles. The van der Waals surface area contributed by atoms with Crippen molar-refractivity contribution < 1.29 is 36.6 Å². The Morgan fingerprint density at radius 2 is 1.65 bits per heavy atom. The lowest BCUT2D eigenvalue weighted by Gasteiger charge is -2.11. The molecule has 13 heteroatoms. The molecule has 6 N–H and O–H groups in total. The number of aliphatic imine (C=N–C) groups is 1. The number of nitrogens with zero attached hydrogens (tertiary/aromatic N) is 1. The number of carboxylic acids is 1. The van der Waals surface area contributed by atoms with Gasteiger partial charge in [0, 0.05) is 11.3 Å². The maximum Gasteiger partial charge on any atom is 0.335 e. The van der Waals surface area contributed by atoms with Crippen molar-refractivity contribution in [2.45, 2.75) is 11.8 Å². The second-order valence-electron chi connectivity index (χ2n) is 7.55. The lowest BCUT2D eigenvalue weighted by molar-refractivity contribution is -0.114. The number of nitrogens with one attached hydrogen (secondary N) is 1. The number of benzene rings is 3. The van der Waals surface area contributed by atoms with E-state index >= 15 is 0 Å². The van der Waals surface area contributed by atoms with Gasteiger partial charge in [-0.05, 0) is 73.2 Å². The zero-order chi connectivity index (χ0) is 27.3. The maximum atomic E-state index is 14.6. The standard InChI is InChI=1S/C24H20F2N4O6S/c1-13(22(31)29-24(27)28)9-14-10-19(25)21(20(26)11-14)36-17-5-7-18(8-6-17)37(34,35)30-16-4-2-3-15(12-16)23(32)33/h2-12,30H,1H3,(H,32,33)(H4,27,28,29,31)/b13-9+. The van der Waals surface area contributed by atoms with Gasteiger partial charge < -0.3 is 21.3 Å². The summed E-state index contributed by atoms with van der Waals surface area (Å²) >= 11 is 0. The second kappa shape index (κ2) is 10.9. The number of halogens is 2. The van der Waals surface area contributed by atoms with Gasteiger partial charge in [-0.2, -0.15) is 4.99 Å². The quantitative estimate of drug-likeness (QED) is 0.195. The number of nitrogens with two attached hydrogens (primary N) is 2. The van der Waals surface area contributed by atoms with Gasteiger partial charge in [0.25, 0.3) is 15.9 Å². The fourth-order valence-electron chi connectivity index (χ4n) is 3.01. The number of aromatic carboxylic acids is 1. The Balaban J connectivity index is 1.78. The van der Waals surface area contributed by atoms with E-state index in [2.05, 4.69) is 9.71 Å². The van der Waals surface area contributed by atoms with Crippen LogP contribution in [0.25, 0.3) is 6.08 Å². The average Bonchev–Trinajstić information content (AvgIpc) is 2.81. The minimum Gasteiger partial charge on any atom is -0.478 e. The van der Waals surface area contributed by atoms with Crippen molar-refractivity contribution in [2.75, 3.05) is 4.72 Å². The first kappa shape index (κ1) is 26.8. The fraction of sp³-hybridized carbons (Fsp3) is 0.0417. The van der Waals surface area contributed by atoms with E-state index in [0.29, 0.717) is 0 Å². The number of hydrogen-bond acceptors (Lipinski definition) is 5. The summed E-state index contributed by atoms with van der Waals surface area (Å²) < 4.78 is 61.9. The molecule has 0 aliphatic carbocycles. The van der Waals surface area contributed by atoms with Crippen LogP contribution in [0.15, 0.2) is 76.1 Å². The summed E-state index contributed by atoms with van der Waals surface area (Å²) in [4.78, 5) is 26.0. The fourth-order valence-corrected chi connectivity index (χ4v) is 4.06. The smallest absolute Gasteiger partial charge is 0.335 e. The average molecular weight is 531 g/mol. The van der Waals surface area contributed by atoms with Crippen molar-refractivity contribution in [1.82, 2.24) is 0 Å². The van der Waals surface area contributed by atoms with Crippen LogP contribution in [0.2, 0.25) is 0 Å². The van der Waals surface area contributed by atoms with Crippen LogP contribution in [0.4, 0.5) is 14.5 Å². The third kappa shape index (κ3) is 6.89. The van der Waals surface area contributed by atoms with Crippen LogP contribution in [-0.2, 0) is 14.8 Å². The summed E-state index contributed by atoms with van der Waals surface area (Å²) in [6.07, 6.45) is 1.18. The van der Waals surface area contributed by atoms with E-state index in [4.69, 9.17) is 21.3 Å². The number of anilines is 1. The normalized spacial score (nSPS) is 11.5. The molecular formula is C24H20F2N4O6S. The number of carbonyl (C=O) groups is 2. The Bertz CT molecular complexity index is 1510. The predicted molar refractivity (Wildman–Crippen MR) is 132 cm³/mol. The van der Waals surface area contributed by atoms with Gasteiger partial charge in [-0.1, -0.05) is 6.07 Å². The molecule has 0 saturated heterocycles. The molecule has 3 rings (SSSR count). The highest BCUT2D eigenvalue weighted by atomic mass is 32.2. The minimum absolute atomic E-state index is 0.0125. The van der Waals surface area contributed by atoms with Crippen molar-refractivity contribution in [2.24, 2.45) is 16.5 Å². The van der Waals surface area contributed by atoms with E-state index in [9.17, 15) is 26.8 Å². The topological polar surface area (TPSA) is 174 Å². The lowest BCUT2D eigenvalue weighted by atomic mass is 10.1. The van der Waals surface area contributed by atoms with Crippen molar-refractivity contribution in [3.63, 3.8) is 0 Å². The van der Waals surface area contributed by atoms with Gasteiger partial charge in [0.05, 0.1) is 10.5 Å². The molecule has 0 unspecified atom stereocenters. The molecule has 0 atom stereocenters. The van der Waals surface area contributed by atoms with Gasteiger partial charge in [-0.25, -0.2) is 22.0 Å². The number of hydrogen-bond donors (Lipinski definition) is 4. The molecule has 0 aliphatic rings. The van der Waals surface area contributed by atoms with Crippen LogP contribution in [-0.4, -0.2) is 31.4 Å². The number of ether oxygens (including phenoxy) is 1. The van der Waals surface area contributed by atoms with E-state index in [1.165, 1.54) is 43.3 Å². The maximum absolute atomic E-state index is 14.6. The molecule has 3 aromatic rings. The number of sulfonamides is 1. The largest absolute Gasteiger partial charge is 0.478 e. The summed E-state index contributed by atoms with van der Waals surface area (Å²) in [6.45, 7) is 1.36. The van der Waals surface area contributed by atoms with Crippen LogP contribution >= 0.6 is 0 Å². The van der Waals surface area contributed by atoms with E-state index in [1.807, 2.05) is 0 Å². The highest BCUT2D eigenvalue weighted by Crippen LogP contribution is 2.30. The highest BCUT2D eigenvalue weighted by molar-refractivity contribution is 7.92. The van der Waals surface area contributed by atoms with Crippen molar-refractivity contribution in [3.8, 4) is 11.5 Å². The third-order valence-electron chi connectivity index (χ3n) is 4.69. The second-order valence-corrected chi connectivity index (χ2v) is 9.23. The predicted octanol–water partition coefficient (Wildman–Crippen LogP) is 3.46. The highest BCUT2D eigenvalue weighted by Gasteiger charge is 2.17. The summed E-state index contributed by atoms with van der Waals surface area (Å²) in [5.74, 6) is -5.42. The van der Waals surface area contributed by atoms with Crippen LogP contribution in [0, 0.1) is 11.6 Å². The molecule has 1 amide bonds. The number of rotatable bonds is 8. The van der Waals surface area contributed by atoms with Crippen molar-refractivity contribution in [3.05, 3.63) is 89.0 Å². The van der Waals surface area contributed by atoms with Crippen molar-refractivity contribution in [1.29, 1.82) is 0 Å². The van der Waals surface area contributed by atoms with Gasteiger partial charge in [0.2, 0.25) is 0 Å². The first-order valence-corrected chi connectivity index (χ1v) is 11.8. The summed E-state index contributed by atoms with van der Waals surface area (Å²) in [6, 6.07) is 11.7. The summed E-state index contributed by atoms with van der Waals surface area (Å²) in [7, 11) is -4.10. The number of amides is 1. The molecule has 37 heavy (non-hydrogen) atoms. The van der Waals surface area contributed by atoms with Crippen molar-refractivity contribution >= 4 is 39.6 Å².